The fourth-order valence-corrected chi connectivity index (χ4v) is 6.33. The van der Waals surface area contributed by atoms with Crippen LogP contribution in [0.25, 0.3) is 0 Å². The van der Waals surface area contributed by atoms with E-state index in [1.54, 1.807) is 13.1 Å². The van der Waals surface area contributed by atoms with E-state index in [4.69, 9.17) is 10.7 Å². The van der Waals surface area contributed by atoms with Crippen molar-refractivity contribution in [3.63, 3.8) is 0 Å². The monoisotopic (exact) mass is 527 g/mol. The summed E-state index contributed by atoms with van der Waals surface area (Å²) >= 11 is -0.461. The van der Waals surface area contributed by atoms with Gasteiger partial charge in [-0.05, 0) is 0 Å². The second kappa shape index (κ2) is 11.2. The van der Waals surface area contributed by atoms with Crippen molar-refractivity contribution in [2.24, 2.45) is 5.73 Å². The van der Waals surface area contributed by atoms with Gasteiger partial charge in [0.2, 0.25) is 0 Å². The molecule has 2 saturated heterocycles. The van der Waals surface area contributed by atoms with E-state index in [2.05, 4.69) is 39.0 Å². The summed E-state index contributed by atoms with van der Waals surface area (Å²) in [6, 6.07) is 8.63. The average Bonchev–Trinajstić information content (AvgIpc) is 2.85. The molecule has 3 N–H and O–H groups in total. The van der Waals surface area contributed by atoms with Crippen molar-refractivity contribution >= 4 is 48.0 Å². The Bertz CT molecular complexity index is 1010. The van der Waals surface area contributed by atoms with Crippen LogP contribution in [-0.4, -0.2) is 92.9 Å². The van der Waals surface area contributed by atoms with Crippen LogP contribution >= 0.6 is 0 Å². The SMILES string of the molecule is CC(=O)N1CCN(c2ccc([As]c3ncc(C(N)=O)c(N4CCCCC4CCO)n3)cc2)CC1. The van der Waals surface area contributed by atoms with Gasteiger partial charge in [0.1, 0.15) is 0 Å². The summed E-state index contributed by atoms with van der Waals surface area (Å²) in [6.45, 7) is 5.68. The van der Waals surface area contributed by atoms with Crippen molar-refractivity contribution in [2.75, 3.05) is 49.1 Å². The normalized spacial score (nSPS) is 19.1. The number of aliphatic hydroxyl groups is 1. The summed E-state index contributed by atoms with van der Waals surface area (Å²) in [5.41, 5.74) is 7.14. The van der Waals surface area contributed by atoms with E-state index < -0.39 is 21.7 Å². The summed E-state index contributed by atoms with van der Waals surface area (Å²) < 4.78 is 1.90. The molecule has 1 aromatic carbocycles. The number of piperidine rings is 1. The van der Waals surface area contributed by atoms with E-state index in [1.807, 2.05) is 4.90 Å². The molecular formula is C24H32AsN6O3. The molecule has 1 radical (unpaired) electrons. The quantitative estimate of drug-likeness (QED) is 0.473. The van der Waals surface area contributed by atoms with Gasteiger partial charge >= 0.3 is 207 Å². The molecule has 10 heteroatoms. The first-order valence-electron chi connectivity index (χ1n) is 11.8. The van der Waals surface area contributed by atoms with E-state index in [-0.39, 0.29) is 18.6 Å². The predicted octanol–water partition coefficient (Wildman–Crippen LogP) is -0.360. The molecule has 3 heterocycles. The number of carbonyl (C=O) groups is 2. The van der Waals surface area contributed by atoms with Crippen molar-refractivity contribution in [1.29, 1.82) is 0 Å². The topological polar surface area (TPSA) is 116 Å². The number of piperazine rings is 1. The van der Waals surface area contributed by atoms with Crippen LogP contribution in [0.15, 0.2) is 30.5 Å². The minimum absolute atomic E-state index is 0.104. The molecule has 1 unspecified atom stereocenters. The van der Waals surface area contributed by atoms with Crippen molar-refractivity contribution in [3.8, 4) is 0 Å². The third kappa shape index (κ3) is 5.70. The van der Waals surface area contributed by atoms with Gasteiger partial charge in [-0.15, -0.1) is 0 Å². The molecule has 2 aliphatic heterocycles. The van der Waals surface area contributed by atoms with Crippen LogP contribution in [0, 0.1) is 0 Å². The number of nitrogens with zero attached hydrogens (tertiary/aromatic N) is 5. The molecule has 181 valence electrons. The zero-order chi connectivity index (χ0) is 24.1. The number of amides is 2. The first-order valence-corrected chi connectivity index (χ1v) is 13.7. The van der Waals surface area contributed by atoms with Crippen molar-refractivity contribution in [2.45, 2.75) is 38.6 Å². The van der Waals surface area contributed by atoms with Gasteiger partial charge in [0.25, 0.3) is 0 Å². The van der Waals surface area contributed by atoms with Crippen molar-refractivity contribution < 1.29 is 14.7 Å². The third-order valence-electron chi connectivity index (χ3n) is 6.55. The number of anilines is 2. The molecule has 0 saturated carbocycles. The van der Waals surface area contributed by atoms with Gasteiger partial charge in [-0.25, -0.2) is 0 Å². The van der Waals surface area contributed by atoms with Crippen LogP contribution in [0.1, 0.15) is 43.0 Å². The first kappa shape index (κ1) is 24.5. The van der Waals surface area contributed by atoms with Gasteiger partial charge in [0.15, 0.2) is 0 Å². The number of hydrogen-bond donors (Lipinski definition) is 2. The second-order valence-corrected chi connectivity index (χ2v) is 11.1. The number of benzene rings is 1. The predicted molar refractivity (Wildman–Crippen MR) is 133 cm³/mol. The Morgan fingerprint density at radius 3 is 2.50 bits per heavy atom. The Hall–Kier alpha value is -2.64. The molecule has 34 heavy (non-hydrogen) atoms. The van der Waals surface area contributed by atoms with Crippen molar-refractivity contribution in [3.05, 3.63) is 36.0 Å². The molecule has 0 spiro atoms. The molecule has 9 nitrogen and oxygen atoms in total. The van der Waals surface area contributed by atoms with Gasteiger partial charge in [-0.1, -0.05) is 0 Å². The molecule has 0 bridgehead atoms. The second-order valence-electron chi connectivity index (χ2n) is 8.75. The summed E-state index contributed by atoms with van der Waals surface area (Å²) in [7, 11) is 0. The van der Waals surface area contributed by atoms with E-state index in [1.165, 1.54) is 4.35 Å². The van der Waals surface area contributed by atoms with Crippen molar-refractivity contribution in [1.82, 2.24) is 14.9 Å². The third-order valence-corrected chi connectivity index (χ3v) is 8.59. The molecule has 2 amide bonds. The average molecular weight is 527 g/mol. The Kier molecular flexibility index (Phi) is 8.06. The summed E-state index contributed by atoms with van der Waals surface area (Å²) in [4.78, 5) is 39.2. The summed E-state index contributed by atoms with van der Waals surface area (Å²) in [5, 5.41) is 9.50. The number of aliphatic hydroxyl groups excluding tert-OH is 1. The Balaban J connectivity index is 1.49. The van der Waals surface area contributed by atoms with Crippen LogP contribution in [-0.2, 0) is 4.79 Å². The number of hydrogen-bond acceptors (Lipinski definition) is 7. The fraction of sp³-hybridized carbons (Fsp3) is 0.500. The number of carbonyl (C=O) groups excluding carboxylic acids is 2. The minimum atomic E-state index is -0.527. The Morgan fingerprint density at radius 2 is 1.85 bits per heavy atom. The number of rotatable bonds is 7. The number of aromatic nitrogens is 2. The van der Waals surface area contributed by atoms with Crippen LogP contribution in [0.5, 0.6) is 0 Å². The molecule has 1 atom stereocenters. The van der Waals surface area contributed by atoms with Gasteiger partial charge < -0.3 is 0 Å². The fourth-order valence-electron chi connectivity index (χ4n) is 4.67. The summed E-state index contributed by atoms with van der Waals surface area (Å²) in [6.07, 6.45) is 5.30. The van der Waals surface area contributed by atoms with Gasteiger partial charge in [-0.3, -0.25) is 0 Å². The zero-order valence-electron chi connectivity index (χ0n) is 19.6. The van der Waals surface area contributed by atoms with E-state index in [0.29, 0.717) is 17.8 Å². The molecule has 2 aromatic rings. The molecule has 2 fully saturated rings. The van der Waals surface area contributed by atoms with E-state index in [0.717, 1.165) is 62.3 Å². The Labute approximate surface area is 207 Å². The molecule has 0 aliphatic carbocycles. The van der Waals surface area contributed by atoms with Gasteiger partial charge in [-0.2, -0.15) is 0 Å². The molecule has 1 aromatic heterocycles. The van der Waals surface area contributed by atoms with E-state index >= 15 is 0 Å². The zero-order valence-corrected chi connectivity index (χ0v) is 21.4. The number of nitrogens with two attached hydrogens (primary N) is 1. The van der Waals surface area contributed by atoms with Gasteiger partial charge in [0, 0.05) is 0 Å². The van der Waals surface area contributed by atoms with Crippen LogP contribution in [0.2, 0.25) is 0 Å². The van der Waals surface area contributed by atoms with E-state index in [9.17, 15) is 14.7 Å². The maximum atomic E-state index is 12.1. The van der Waals surface area contributed by atoms with Crippen LogP contribution in [0.3, 0.4) is 0 Å². The molecular weight excluding hydrogens is 495 g/mol. The molecule has 4 rings (SSSR count). The van der Waals surface area contributed by atoms with Crippen LogP contribution < -0.4 is 24.5 Å². The maximum absolute atomic E-state index is 12.1. The number of primary amides is 1. The van der Waals surface area contributed by atoms with Gasteiger partial charge in [0.05, 0.1) is 0 Å². The summed E-state index contributed by atoms with van der Waals surface area (Å²) in [5.74, 6) is 0.208. The first-order chi connectivity index (χ1) is 16.5. The standard InChI is InChI=1S/C24H32AsN6O3/c1-17(33)29-11-13-30(14-12-29)19-7-5-18(6-8-19)25-24-27-16-21(22(26)34)23(28-24)31-10-3-2-4-20(31)9-15-32/h5-8,16,20,32H,2-4,9-15H2,1H3,(H2,26,34). The Morgan fingerprint density at radius 1 is 1.12 bits per heavy atom. The van der Waals surface area contributed by atoms with Crippen LogP contribution in [0.4, 0.5) is 11.5 Å². The molecule has 2 aliphatic rings.